The van der Waals surface area contributed by atoms with Crippen LogP contribution in [0.4, 0.5) is 18.9 Å². The predicted molar refractivity (Wildman–Crippen MR) is 90.8 cm³/mol. The molecule has 134 valence electrons. The van der Waals surface area contributed by atoms with Gasteiger partial charge in [-0.15, -0.1) is 6.42 Å². The number of alkyl halides is 3. The number of terminal acetylenes is 1. The first-order valence-electron chi connectivity index (χ1n) is 7.97. The van der Waals surface area contributed by atoms with E-state index in [-0.39, 0.29) is 6.54 Å². The molecule has 2 N–H and O–H groups in total. The van der Waals surface area contributed by atoms with Crippen LogP contribution >= 0.6 is 0 Å². The van der Waals surface area contributed by atoms with Gasteiger partial charge in [-0.25, -0.2) is 0 Å². The van der Waals surface area contributed by atoms with Crippen LogP contribution in [0.2, 0.25) is 0 Å². The van der Waals surface area contributed by atoms with Crippen LogP contribution in [-0.4, -0.2) is 25.8 Å². The average molecular weight is 342 g/mol. The predicted octanol–water partition coefficient (Wildman–Crippen LogP) is 4.05. The Morgan fingerprint density at radius 3 is 2.38 bits per heavy atom. The summed E-state index contributed by atoms with van der Waals surface area (Å²) >= 11 is 0. The van der Waals surface area contributed by atoms with E-state index in [0.29, 0.717) is 37.2 Å². The fraction of sp³-hybridized carbons (Fsp3) is 0.556. The Morgan fingerprint density at radius 1 is 1.21 bits per heavy atom. The summed E-state index contributed by atoms with van der Waals surface area (Å²) in [4.78, 5) is 0. The summed E-state index contributed by atoms with van der Waals surface area (Å²) in [7, 11) is 1.57. The molecule has 24 heavy (non-hydrogen) atoms. The van der Waals surface area contributed by atoms with Crippen LogP contribution in [0.3, 0.4) is 0 Å². The molecule has 0 amide bonds. The molecular formula is C18H25F3N2O. The molecule has 0 aliphatic carbocycles. The maximum atomic E-state index is 13.0. The third-order valence-electron chi connectivity index (χ3n) is 4.15. The smallest absolute Gasteiger partial charge is 0.383 e. The molecule has 0 saturated carbocycles. The lowest BCUT2D eigenvalue weighted by atomic mass is 9.93. The van der Waals surface area contributed by atoms with E-state index in [0.717, 1.165) is 12.1 Å². The van der Waals surface area contributed by atoms with Gasteiger partial charge in [-0.3, -0.25) is 5.32 Å². The van der Waals surface area contributed by atoms with E-state index in [9.17, 15) is 13.2 Å². The highest BCUT2D eigenvalue weighted by Gasteiger charge is 2.31. The minimum Gasteiger partial charge on any atom is -0.383 e. The third-order valence-corrected chi connectivity index (χ3v) is 4.15. The number of nitrogens with one attached hydrogen (secondary N) is 2. The Balaban J connectivity index is 3.04. The van der Waals surface area contributed by atoms with Crippen LogP contribution in [0.1, 0.15) is 37.8 Å². The zero-order valence-electron chi connectivity index (χ0n) is 14.4. The molecule has 3 nitrogen and oxygen atoms in total. The molecule has 1 aromatic carbocycles. The van der Waals surface area contributed by atoms with Crippen molar-refractivity contribution in [1.82, 2.24) is 5.32 Å². The number of anilines is 1. The second kappa shape index (κ2) is 8.95. The quantitative estimate of drug-likeness (QED) is 0.525. The second-order valence-corrected chi connectivity index (χ2v) is 5.58. The van der Waals surface area contributed by atoms with Gasteiger partial charge in [0.05, 0.1) is 17.7 Å². The van der Waals surface area contributed by atoms with Crippen LogP contribution in [0.5, 0.6) is 0 Å². The van der Waals surface area contributed by atoms with Crippen molar-refractivity contribution in [3.63, 3.8) is 0 Å². The molecule has 6 heteroatoms. The molecule has 0 spiro atoms. The van der Waals surface area contributed by atoms with Crippen molar-refractivity contribution in [1.29, 1.82) is 0 Å². The topological polar surface area (TPSA) is 33.3 Å². The summed E-state index contributed by atoms with van der Waals surface area (Å²) < 4.78 is 43.9. The van der Waals surface area contributed by atoms with Crippen molar-refractivity contribution in [2.45, 2.75) is 44.9 Å². The van der Waals surface area contributed by atoms with Gasteiger partial charge in [0, 0.05) is 25.9 Å². The van der Waals surface area contributed by atoms with Gasteiger partial charge < -0.3 is 10.1 Å². The van der Waals surface area contributed by atoms with Gasteiger partial charge in [0.15, 0.2) is 0 Å². The molecule has 0 radical (unpaired) electrons. The highest BCUT2D eigenvalue weighted by molar-refractivity contribution is 5.53. The molecule has 0 heterocycles. The summed E-state index contributed by atoms with van der Waals surface area (Å²) in [6, 6.07) is 3.69. The molecule has 1 rings (SSSR count). The zero-order valence-corrected chi connectivity index (χ0v) is 14.4. The number of methoxy groups -OCH3 is 1. The van der Waals surface area contributed by atoms with Gasteiger partial charge in [0.25, 0.3) is 0 Å². The first-order chi connectivity index (χ1) is 11.3. The fourth-order valence-corrected chi connectivity index (χ4v) is 2.40. The number of ether oxygens (including phenoxy) is 1. The monoisotopic (exact) mass is 342 g/mol. The number of hydrogen-bond donors (Lipinski definition) is 2. The summed E-state index contributed by atoms with van der Waals surface area (Å²) in [5.41, 5.74) is -0.0121. The lowest BCUT2D eigenvalue weighted by molar-refractivity contribution is -0.137. The van der Waals surface area contributed by atoms with Gasteiger partial charge in [-0.05, 0) is 36.6 Å². The Bertz CT molecular complexity index is 560. The molecule has 0 atom stereocenters. The molecule has 0 aliphatic heterocycles. The maximum absolute atomic E-state index is 13.0. The summed E-state index contributed by atoms with van der Waals surface area (Å²) in [5, 5.41) is 6.33. The Hall–Kier alpha value is -1.71. The third kappa shape index (κ3) is 5.43. The van der Waals surface area contributed by atoms with Crippen LogP contribution in [0, 0.1) is 12.3 Å². The SMILES string of the molecule is C#CC(CC)(CC)NCc1cc(C(F)(F)F)ccc1NCCOC. The molecule has 0 bridgehead atoms. The largest absolute Gasteiger partial charge is 0.416 e. The van der Waals surface area contributed by atoms with Crippen molar-refractivity contribution in [3.8, 4) is 12.3 Å². The van der Waals surface area contributed by atoms with E-state index in [1.165, 1.54) is 6.07 Å². The van der Waals surface area contributed by atoms with E-state index in [1.54, 1.807) is 7.11 Å². The van der Waals surface area contributed by atoms with Crippen LogP contribution in [0.25, 0.3) is 0 Å². The van der Waals surface area contributed by atoms with Crippen molar-refractivity contribution in [3.05, 3.63) is 29.3 Å². The summed E-state index contributed by atoms with van der Waals surface area (Å²) in [6.07, 6.45) is 2.63. The van der Waals surface area contributed by atoms with Crippen LogP contribution < -0.4 is 10.6 Å². The lowest BCUT2D eigenvalue weighted by Crippen LogP contribution is -2.42. The van der Waals surface area contributed by atoms with Gasteiger partial charge in [0.2, 0.25) is 0 Å². The maximum Gasteiger partial charge on any atom is 0.416 e. The normalized spacial score (nSPS) is 12.0. The van der Waals surface area contributed by atoms with E-state index < -0.39 is 17.3 Å². The van der Waals surface area contributed by atoms with Crippen LogP contribution in [0.15, 0.2) is 18.2 Å². The molecular weight excluding hydrogens is 317 g/mol. The zero-order chi connectivity index (χ0) is 18.2. The fourth-order valence-electron chi connectivity index (χ4n) is 2.40. The van der Waals surface area contributed by atoms with Gasteiger partial charge in [0.1, 0.15) is 0 Å². The minimum absolute atomic E-state index is 0.255. The average Bonchev–Trinajstić information content (AvgIpc) is 2.57. The highest BCUT2D eigenvalue weighted by atomic mass is 19.4. The van der Waals surface area contributed by atoms with Crippen molar-refractivity contribution in [2.24, 2.45) is 0 Å². The molecule has 0 saturated heterocycles. The molecule has 0 aromatic heterocycles. The minimum atomic E-state index is -4.38. The van der Waals surface area contributed by atoms with Crippen LogP contribution in [-0.2, 0) is 17.5 Å². The summed E-state index contributed by atoms with van der Waals surface area (Å²) in [5.74, 6) is 2.73. The molecule has 0 fully saturated rings. The molecule has 0 aliphatic rings. The Kier molecular flexibility index (Phi) is 7.59. The first kappa shape index (κ1) is 20.3. The van der Waals surface area contributed by atoms with Gasteiger partial charge >= 0.3 is 6.18 Å². The standard InChI is InChI=1S/C18H25F3N2O/c1-5-17(6-2,7-3)23-13-14-12-15(18(19,20)21)8-9-16(14)22-10-11-24-4/h1,8-9,12,22-23H,6-7,10-11,13H2,2-4H3. The molecule has 1 aromatic rings. The highest BCUT2D eigenvalue weighted by Crippen LogP contribution is 2.32. The van der Waals surface area contributed by atoms with Gasteiger partial charge in [-0.1, -0.05) is 19.8 Å². The van der Waals surface area contributed by atoms with E-state index in [2.05, 4.69) is 16.6 Å². The van der Waals surface area contributed by atoms with E-state index >= 15 is 0 Å². The van der Waals surface area contributed by atoms with E-state index in [4.69, 9.17) is 11.2 Å². The lowest BCUT2D eigenvalue weighted by Gasteiger charge is -2.28. The van der Waals surface area contributed by atoms with Crippen molar-refractivity contribution in [2.75, 3.05) is 25.6 Å². The van der Waals surface area contributed by atoms with Gasteiger partial charge in [-0.2, -0.15) is 13.2 Å². The first-order valence-corrected chi connectivity index (χ1v) is 7.97. The van der Waals surface area contributed by atoms with Crippen molar-refractivity contribution < 1.29 is 17.9 Å². The number of rotatable bonds is 9. The Labute approximate surface area is 142 Å². The van der Waals surface area contributed by atoms with E-state index in [1.807, 2.05) is 13.8 Å². The summed E-state index contributed by atoms with van der Waals surface area (Å²) in [6.45, 7) is 5.15. The van der Waals surface area contributed by atoms with Crippen molar-refractivity contribution >= 4 is 5.69 Å². The Morgan fingerprint density at radius 2 is 1.88 bits per heavy atom. The number of benzene rings is 1. The second-order valence-electron chi connectivity index (χ2n) is 5.58. The number of halogens is 3. The number of hydrogen-bond acceptors (Lipinski definition) is 3. The molecule has 0 unspecified atom stereocenters.